The summed E-state index contributed by atoms with van der Waals surface area (Å²) >= 11 is 0. The number of methoxy groups -OCH3 is 1. The molecule has 2 N–H and O–H groups in total. The normalized spacial score (nSPS) is 16.9. The summed E-state index contributed by atoms with van der Waals surface area (Å²) in [5.41, 5.74) is 2.61. The molecule has 2 aromatic carbocycles. The van der Waals surface area contributed by atoms with Crippen LogP contribution in [0.15, 0.2) is 59.6 Å². The SMILES string of the molecule is CCNC(=NCC1CCN(c2ccccc2)C1)NCCc1ccc(OC)cc1. The number of nitrogens with zero attached hydrogens (tertiary/aromatic N) is 2. The lowest BCUT2D eigenvalue weighted by atomic mass is 10.1. The third kappa shape index (κ3) is 5.91. The van der Waals surface area contributed by atoms with E-state index in [2.05, 4.69) is 64.9 Å². The molecule has 1 heterocycles. The van der Waals surface area contributed by atoms with Crippen molar-refractivity contribution in [2.45, 2.75) is 19.8 Å². The van der Waals surface area contributed by atoms with Crippen LogP contribution in [0, 0.1) is 5.92 Å². The van der Waals surface area contributed by atoms with Gasteiger partial charge in [0.2, 0.25) is 0 Å². The summed E-state index contributed by atoms with van der Waals surface area (Å²) < 4.78 is 5.21. The lowest BCUT2D eigenvalue weighted by molar-refractivity contribution is 0.414. The third-order valence-corrected chi connectivity index (χ3v) is 5.12. The molecular formula is C23H32N4O. The molecule has 1 saturated heterocycles. The minimum Gasteiger partial charge on any atom is -0.497 e. The second-order valence-electron chi connectivity index (χ2n) is 7.18. The van der Waals surface area contributed by atoms with Crippen molar-refractivity contribution in [2.24, 2.45) is 10.9 Å². The fourth-order valence-electron chi connectivity index (χ4n) is 3.53. The topological polar surface area (TPSA) is 48.9 Å². The standard InChI is InChI=1S/C23H32N4O/c1-3-24-23(25-15-13-19-9-11-22(28-2)12-10-19)26-17-20-14-16-27(18-20)21-7-5-4-6-8-21/h4-12,20H,3,13-18H2,1-2H3,(H2,24,25,26). The Hall–Kier alpha value is -2.69. The summed E-state index contributed by atoms with van der Waals surface area (Å²) in [5.74, 6) is 2.42. The van der Waals surface area contributed by atoms with Crippen molar-refractivity contribution in [3.05, 3.63) is 60.2 Å². The van der Waals surface area contributed by atoms with Gasteiger partial charge in [-0.15, -0.1) is 0 Å². The van der Waals surface area contributed by atoms with Crippen LogP contribution in [0.4, 0.5) is 5.69 Å². The Morgan fingerprint density at radius 1 is 1.11 bits per heavy atom. The Labute approximate surface area is 168 Å². The van der Waals surface area contributed by atoms with Gasteiger partial charge in [0.25, 0.3) is 0 Å². The molecule has 0 saturated carbocycles. The van der Waals surface area contributed by atoms with Crippen LogP contribution in [0.25, 0.3) is 0 Å². The molecule has 1 fully saturated rings. The first kappa shape index (κ1) is 20.1. The van der Waals surface area contributed by atoms with Crippen molar-refractivity contribution in [2.75, 3.05) is 44.7 Å². The highest BCUT2D eigenvalue weighted by atomic mass is 16.5. The molecule has 0 bridgehead atoms. The van der Waals surface area contributed by atoms with E-state index in [1.165, 1.54) is 17.7 Å². The van der Waals surface area contributed by atoms with E-state index in [0.717, 1.165) is 50.9 Å². The van der Waals surface area contributed by atoms with Crippen molar-refractivity contribution >= 4 is 11.6 Å². The first-order valence-corrected chi connectivity index (χ1v) is 10.2. The molecule has 150 valence electrons. The first-order valence-electron chi connectivity index (χ1n) is 10.2. The molecule has 2 aromatic rings. The molecule has 5 heteroatoms. The highest BCUT2D eigenvalue weighted by molar-refractivity contribution is 5.79. The minimum absolute atomic E-state index is 0.609. The van der Waals surface area contributed by atoms with Crippen molar-refractivity contribution in [1.29, 1.82) is 0 Å². The molecular weight excluding hydrogens is 348 g/mol. The second kappa shape index (κ2) is 10.6. The molecule has 3 rings (SSSR count). The van der Waals surface area contributed by atoms with Gasteiger partial charge in [0.15, 0.2) is 5.96 Å². The van der Waals surface area contributed by atoms with Gasteiger partial charge in [0.05, 0.1) is 7.11 Å². The van der Waals surface area contributed by atoms with E-state index in [1.54, 1.807) is 7.11 Å². The molecule has 1 aliphatic rings. The molecule has 0 aromatic heterocycles. The molecule has 1 aliphatic heterocycles. The zero-order valence-electron chi connectivity index (χ0n) is 17.0. The van der Waals surface area contributed by atoms with Gasteiger partial charge in [-0.05, 0) is 55.5 Å². The quantitative estimate of drug-likeness (QED) is 0.545. The van der Waals surface area contributed by atoms with Crippen LogP contribution in [-0.4, -0.2) is 45.8 Å². The van der Waals surface area contributed by atoms with Crippen LogP contribution in [0.3, 0.4) is 0 Å². The highest BCUT2D eigenvalue weighted by Crippen LogP contribution is 2.23. The first-order chi connectivity index (χ1) is 13.8. The van der Waals surface area contributed by atoms with Crippen LogP contribution < -0.4 is 20.3 Å². The lowest BCUT2D eigenvalue weighted by Crippen LogP contribution is -2.38. The number of rotatable bonds is 8. The Morgan fingerprint density at radius 3 is 2.61 bits per heavy atom. The Balaban J connectivity index is 1.46. The predicted molar refractivity (Wildman–Crippen MR) is 117 cm³/mol. The smallest absolute Gasteiger partial charge is 0.191 e. The Bertz CT molecular complexity index is 730. The average molecular weight is 381 g/mol. The summed E-state index contributed by atoms with van der Waals surface area (Å²) in [4.78, 5) is 7.29. The summed E-state index contributed by atoms with van der Waals surface area (Å²) in [6, 6.07) is 18.9. The van der Waals surface area contributed by atoms with Gasteiger partial charge >= 0.3 is 0 Å². The Morgan fingerprint density at radius 2 is 1.89 bits per heavy atom. The molecule has 1 atom stereocenters. The van der Waals surface area contributed by atoms with Crippen molar-refractivity contribution in [1.82, 2.24) is 10.6 Å². The van der Waals surface area contributed by atoms with Gasteiger partial charge in [-0.1, -0.05) is 30.3 Å². The van der Waals surface area contributed by atoms with E-state index in [1.807, 2.05) is 12.1 Å². The highest BCUT2D eigenvalue weighted by Gasteiger charge is 2.22. The van der Waals surface area contributed by atoms with E-state index in [9.17, 15) is 0 Å². The second-order valence-corrected chi connectivity index (χ2v) is 7.18. The zero-order valence-corrected chi connectivity index (χ0v) is 17.0. The predicted octanol–water partition coefficient (Wildman–Crippen LogP) is 3.32. The van der Waals surface area contributed by atoms with Crippen molar-refractivity contribution < 1.29 is 4.74 Å². The maximum absolute atomic E-state index is 5.21. The van der Waals surface area contributed by atoms with Crippen LogP contribution in [0.5, 0.6) is 5.75 Å². The van der Waals surface area contributed by atoms with Crippen molar-refractivity contribution in [3.8, 4) is 5.75 Å². The number of hydrogen-bond acceptors (Lipinski definition) is 3. The van der Waals surface area contributed by atoms with Crippen molar-refractivity contribution in [3.63, 3.8) is 0 Å². The molecule has 5 nitrogen and oxygen atoms in total. The molecule has 1 unspecified atom stereocenters. The fraction of sp³-hybridized carbons (Fsp3) is 0.435. The van der Waals surface area contributed by atoms with Gasteiger partial charge in [0, 0.05) is 38.4 Å². The van der Waals surface area contributed by atoms with E-state index < -0.39 is 0 Å². The third-order valence-electron chi connectivity index (χ3n) is 5.12. The maximum atomic E-state index is 5.21. The number of ether oxygens (including phenoxy) is 1. The summed E-state index contributed by atoms with van der Waals surface area (Å²) in [6.07, 6.45) is 2.16. The monoisotopic (exact) mass is 380 g/mol. The molecule has 0 radical (unpaired) electrons. The molecule has 0 aliphatic carbocycles. The number of para-hydroxylation sites is 1. The van der Waals surface area contributed by atoms with Crippen LogP contribution in [-0.2, 0) is 6.42 Å². The number of hydrogen-bond donors (Lipinski definition) is 2. The van der Waals surface area contributed by atoms with E-state index in [4.69, 9.17) is 9.73 Å². The van der Waals surface area contributed by atoms with Gasteiger partial charge in [-0.2, -0.15) is 0 Å². The van der Waals surface area contributed by atoms with Gasteiger partial charge in [0.1, 0.15) is 5.75 Å². The van der Waals surface area contributed by atoms with E-state index in [0.29, 0.717) is 5.92 Å². The van der Waals surface area contributed by atoms with Gasteiger partial charge < -0.3 is 20.3 Å². The molecule has 0 spiro atoms. The number of benzene rings is 2. The zero-order chi connectivity index (χ0) is 19.6. The summed E-state index contributed by atoms with van der Waals surface area (Å²) in [5, 5.41) is 6.82. The van der Waals surface area contributed by atoms with Crippen LogP contribution >= 0.6 is 0 Å². The number of anilines is 1. The lowest BCUT2D eigenvalue weighted by Gasteiger charge is -2.18. The largest absolute Gasteiger partial charge is 0.497 e. The number of guanidine groups is 1. The van der Waals surface area contributed by atoms with Crippen LogP contribution in [0.1, 0.15) is 18.9 Å². The number of aliphatic imine (C=N–C) groups is 1. The number of nitrogens with one attached hydrogen (secondary N) is 2. The van der Waals surface area contributed by atoms with E-state index >= 15 is 0 Å². The van der Waals surface area contributed by atoms with Gasteiger partial charge in [-0.3, -0.25) is 4.99 Å². The average Bonchev–Trinajstić information content (AvgIpc) is 3.22. The van der Waals surface area contributed by atoms with Crippen LogP contribution in [0.2, 0.25) is 0 Å². The fourth-order valence-corrected chi connectivity index (χ4v) is 3.53. The van der Waals surface area contributed by atoms with E-state index in [-0.39, 0.29) is 0 Å². The maximum Gasteiger partial charge on any atom is 0.191 e. The summed E-state index contributed by atoms with van der Waals surface area (Å²) in [7, 11) is 1.69. The molecule has 0 amide bonds. The summed E-state index contributed by atoms with van der Waals surface area (Å²) in [6.45, 7) is 6.90. The van der Waals surface area contributed by atoms with Gasteiger partial charge in [-0.25, -0.2) is 0 Å². The molecule has 28 heavy (non-hydrogen) atoms. The minimum atomic E-state index is 0.609. The Kier molecular flexibility index (Phi) is 7.59.